The third-order valence-corrected chi connectivity index (χ3v) is 7.72. The van der Waals surface area contributed by atoms with Gasteiger partial charge in [0, 0.05) is 6.42 Å². The number of ether oxygens (including phenoxy) is 3. The quantitative estimate of drug-likeness (QED) is 0.476. The van der Waals surface area contributed by atoms with E-state index >= 15 is 8.78 Å². The highest BCUT2D eigenvalue weighted by Gasteiger charge is 2.47. The van der Waals surface area contributed by atoms with E-state index in [4.69, 9.17) is 14.2 Å². The first kappa shape index (κ1) is 29.6. The van der Waals surface area contributed by atoms with E-state index in [0.29, 0.717) is 30.9 Å². The molecule has 42 heavy (non-hydrogen) atoms. The molecule has 2 amide bonds. The first-order valence-electron chi connectivity index (χ1n) is 13.9. The zero-order valence-electron chi connectivity index (χ0n) is 23.6. The molecule has 1 aromatic carbocycles. The number of carboxylic acids is 1. The molecule has 5 rings (SSSR count). The molecule has 1 saturated carbocycles. The highest BCUT2D eigenvalue weighted by Crippen LogP contribution is 2.37. The molecule has 2 N–H and O–H groups in total. The third kappa shape index (κ3) is 6.15. The molecule has 2 fully saturated rings. The van der Waals surface area contributed by atoms with Crippen molar-refractivity contribution in [2.75, 3.05) is 13.2 Å². The number of fused-ring (bicyclic) bond motifs is 5. The Morgan fingerprint density at radius 2 is 1.79 bits per heavy atom. The second kappa shape index (κ2) is 11.4. The average molecular weight is 589 g/mol. The number of nitrogens with one attached hydrogen (secondary N) is 1. The van der Waals surface area contributed by atoms with Crippen molar-refractivity contribution in [3.8, 4) is 5.88 Å². The molecule has 11 nitrogen and oxygen atoms in total. The summed E-state index contributed by atoms with van der Waals surface area (Å²) in [5, 5.41) is 12.6. The average Bonchev–Trinajstić information content (AvgIpc) is 3.55. The van der Waals surface area contributed by atoms with Gasteiger partial charge in [-0.15, -0.1) is 0 Å². The van der Waals surface area contributed by atoms with Crippen LogP contribution in [0.4, 0.5) is 13.6 Å². The van der Waals surface area contributed by atoms with Gasteiger partial charge in [0.25, 0.3) is 0 Å². The maximum absolute atomic E-state index is 15.6. The van der Waals surface area contributed by atoms with Crippen molar-refractivity contribution in [2.24, 2.45) is 5.41 Å². The SMILES string of the molecule is CC(C)(C)C1NC(=O)O[C@@H]2CCC[C@H]2OC/C=C\C(F)(F)c2nc3ccccc3nc2O[C@@H]2C[C@@H](C(=O)O)N(C2)C1=O. The molecule has 0 spiro atoms. The summed E-state index contributed by atoms with van der Waals surface area (Å²) in [5.41, 5.74) is -1.02. The number of hydrogen-bond acceptors (Lipinski definition) is 8. The molecule has 0 radical (unpaired) electrons. The monoisotopic (exact) mass is 588 g/mol. The fourth-order valence-electron chi connectivity index (χ4n) is 5.58. The van der Waals surface area contributed by atoms with E-state index in [1.807, 2.05) is 0 Å². The van der Waals surface area contributed by atoms with Crippen LogP contribution in [0, 0.1) is 5.41 Å². The molecule has 3 aliphatic rings. The molecule has 5 atom stereocenters. The summed E-state index contributed by atoms with van der Waals surface area (Å²) in [6.07, 6.45) is 0.419. The van der Waals surface area contributed by atoms with Crippen LogP contribution in [0.2, 0.25) is 0 Å². The van der Waals surface area contributed by atoms with Crippen LogP contribution in [0.3, 0.4) is 0 Å². The van der Waals surface area contributed by atoms with Crippen molar-refractivity contribution in [2.45, 2.75) is 82.8 Å². The van der Waals surface area contributed by atoms with E-state index in [1.54, 1.807) is 45.0 Å². The van der Waals surface area contributed by atoms with Gasteiger partial charge in [0.15, 0.2) is 5.69 Å². The molecular weight excluding hydrogens is 554 g/mol. The summed E-state index contributed by atoms with van der Waals surface area (Å²) in [6.45, 7) is 4.80. The van der Waals surface area contributed by atoms with E-state index in [0.717, 1.165) is 4.90 Å². The minimum Gasteiger partial charge on any atom is -0.480 e. The molecule has 13 heteroatoms. The van der Waals surface area contributed by atoms with E-state index in [1.165, 1.54) is 6.08 Å². The number of carbonyl (C=O) groups excluding carboxylic acids is 2. The van der Waals surface area contributed by atoms with Crippen LogP contribution in [0.5, 0.6) is 5.88 Å². The zero-order chi connectivity index (χ0) is 30.2. The maximum atomic E-state index is 15.6. The van der Waals surface area contributed by atoms with Crippen LogP contribution in [0.15, 0.2) is 36.4 Å². The Bertz CT molecular complexity index is 1400. The van der Waals surface area contributed by atoms with Crippen molar-refractivity contribution >= 4 is 29.0 Å². The molecular formula is C29H34F2N4O7. The van der Waals surface area contributed by atoms with Crippen molar-refractivity contribution in [3.05, 3.63) is 42.1 Å². The van der Waals surface area contributed by atoms with Crippen LogP contribution >= 0.6 is 0 Å². The number of halogens is 2. The lowest BCUT2D eigenvalue weighted by Gasteiger charge is -2.35. The van der Waals surface area contributed by atoms with Gasteiger partial charge >= 0.3 is 18.0 Å². The summed E-state index contributed by atoms with van der Waals surface area (Å²) < 4.78 is 48.5. The molecule has 1 saturated heterocycles. The molecule has 2 aromatic rings. The van der Waals surface area contributed by atoms with Crippen LogP contribution in [0.1, 0.15) is 52.1 Å². The summed E-state index contributed by atoms with van der Waals surface area (Å²) >= 11 is 0. The second-order valence-corrected chi connectivity index (χ2v) is 11.9. The Morgan fingerprint density at radius 1 is 1.10 bits per heavy atom. The summed E-state index contributed by atoms with van der Waals surface area (Å²) in [5.74, 6) is -6.03. The predicted molar refractivity (Wildman–Crippen MR) is 145 cm³/mol. The topological polar surface area (TPSA) is 140 Å². The minimum absolute atomic E-state index is 0.167. The molecule has 2 aliphatic heterocycles. The highest BCUT2D eigenvalue weighted by atomic mass is 19.3. The van der Waals surface area contributed by atoms with Gasteiger partial charge in [-0.25, -0.2) is 19.6 Å². The van der Waals surface area contributed by atoms with Gasteiger partial charge in [-0.2, -0.15) is 8.78 Å². The van der Waals surface area contributed by atoms with Crippen LogP contribution in [-0.2, 0) is 25.0 Å². The van der Waals surface area contributed by atoms with Crippen molar-refractivity contribution < 1.29 is 42.5 Å². The maximum Gasteiger partial charge on any atom is 0.408 e. The van der Waals surface area contributed by atoms with E-state index in [-0.39, 0.29) is 25.1 Å². The lowest BCUT2D eigenvalue weighted by molar-refractivity contribution is -0.150. The number of aliphatic carboxylic acids is 1. The van der Waals surface area contributed by atoms with Crippen LogP contribution in [-0.4, -0.2) is 81.5 Å². The highest BCUT2D eigenvalue weighted by molar-refractivity contribution is 5.90. The lowest BCUT2D eigenvalue weighted by Crippen LogP contribution is -2.57. The van der Waals surface area contributed by atoms with Gasteiger partial charge in [0.2, 0.25) is 11.8 Å². The van der Waals surface area contributed by atoms with Crippen molar-refractivity contribution in [1.29, 1.82) is 0 Å². The molecule has 1 unspecified atom stereocenters. The van der Waals surface area contributed by atoms with Crippen molar-refractivity contribution in [3.63, 3.8) is 0 Å². The fourth-order valence-corrected chi connectivity index (χ4v) is 5.58. The van der Waals surface area contributed by atoms with Crippen LogP contribution < -0.4 is 10.1 Å². The van der Waals surface area contributed by atoms with Gasteiger partial charge in [0.05, 0.1) is 30.3 Å². The standard InChI is InChI=1S/C29H34F2N4O7/c1-28(2,3)23-25(36)35-15-16(14-19(35)26(37)38)41-24-22(32-17-8-4-5-9-18(17)33-24)29(30,31)12-7-13-40-20-10-6-11-21(20)42-27(39)34-23/h4-5,7-9,12,16,19-21,23H,6,10-11,13-15H2,1-3H3,(H,34,39)(H,37,38)/b12-7-/t16-,19+,20-,21-,23?/m1/s1. The smallest absolute Gasteiger partial charge is 0.408 e. The Labute approximate surface area is 241 Å². The predicted octanol–water partition coefficient (Wildman–Crippen LogP) is 3.80. The molecule has 2 bridgehead atoms. The van der Waals surface area contributed by atoms with Crippen LogP contribution in [0.25, 0.3) is 11.0 Å². The molecule has 226 valence electrons. The van der Waals surface area contributed by atoms with Gasteiger partial charge < -0.3 is 29.5 Å². The van der Waals surface area contributed by atoms with E-state index < -0.39 is 71.3 Å². The first-order chi connectivity index (χ1) is 19.8. The third-order valence-electron chi connectivity index (χ3n) is 7.72. The molecule has 3 heterocycles. The largest absolute Gasteiger partial charge is 0.480 e. The zero-order valence-corrected chi connectivity index (χ0v) is 23.6. The number of carboxylic acid groups (broad SMARTS) is 1. The number of aromatic nitrogens is 2. The van der Waals surface area contributed by atoms with Gasteiger partial charge in [-0.1, -0.05) is 39.0 Å². The number of benzene rings is 1. The number of alkyl carbamates (subject to hydrolysis) is 1. The number of carbonyl (C=O) groups is 3. The Kier molecular flexibility index (Phi) is 8.06. The Hall–Kier alpha value is -3.87. The minimum atomic E-state index is -3.62. The Morgan fingerprint density at radius 3 is 2.48 bits per heavy atom. The second-order valence-electron chi connectivity index (χ2n) is 11.9. The first-order valence-corrected chi connectivity index (χ1v) is 13.9. The van der Waals surface area contributed by atoms with Gasteiger partial charge in [0.1, 0.15) is 24.3 Å². The summed E-state index contributed by atoms with van der Waals surface area (Å²) in [6, 6.07) is 4.01. The fraction of sp³-hybridized carbons (Fsp3) is 0.552. The van der Waals surface area contributed by atoms with E-state index in [9.17, 15) is 19.5 Å². The molecule has 1 aliphatic carbocycles. The number of allylic oxidation sites excluding steroid dienone is 1. The van der Waals surface area contributed by atoms with Gasteiger partial charge in [-0.05, 0) is 42.9 Å². The number of rotatable bonds is 1. The summed E-state index contributed by atoms with van der Waals surface area (Å²) in [7, 11) is 0. The number of nitrogens with zero attached hydrogens (tertiary/aromatic N) is 3. The Balaban J connectivity index is 1.56. The normalized spacial score (nSPS) is 29.4. The number of hydrogen-bond donors (Lipinski definition) is 2. The van der Waals surface area contributed by atoms with E-state index in [2.05, 4.69) is 15.3 Å². The lowest BCUT2D eigenvalue weighted by atomic mass is 9.85. The van der Waals surface area contributed by atoms with Gasteiger partial charge in [-0.3, -0.25) is 4.79 Å². The molecule has 1 aromatic heterocycles. The summed E-state index contributed by atoms with van der Waals surface area (Å²) in [4.78, 5) is 48.5. The van der Waals surface area contributed by atoms with Crippen molar-refractivity contribution in [1.82, 2.24) is 20.2 Å². The number of amides is 2. The number of para-hydroxylation sites is 2. The number of alkyl halides is 2.